The van der Waals surface area contributed by atoms with Crippen LogP contribution in [0.1, 0.15) is 47.6 Å². The van der Waals surface area contributed by atoms with E-state index in [-0.39, 0.29) is 0 Å². The van der Waals surface area contributed by atoms with Gasteiger partial charge in [-0.2, -0.15) is 0 Å². The van der Waals surface area contributed by atoms with Crippen molar-refractivity contribution in [2.24, 2.45) is 0 Å². The van der Waals surface area contributed by atoms with Gasteiger partial charge in [0.1, 0.15) is 5.58 Å². The highest BCUT2D eigenvalue weighted by molar-refractivity contribution is 6.08. The fraction of sp³-hybridized carbons (Fsp3) is 0.206. The summed E-state index contributed by atoms with van der Waals surface area (Å²) in [4.78, 5) is 15.0. The molecule has 0 atom stereocenters. The number of aromatic nitrogens is 3. The summed E-state index contributed by atoms with van der Waals surface area (Å²) in [6.07, 6.45) is 0. The molecule has 6 aromatic rings. The monoisotopic (exact) mass is 497 g/mol. The molecule has 2 aromatic carbocycles. The minimum absolute atomic E-state index is 0.411. The topological polar surface area (TPSA) is 51.8 Å². The molecule has 4 aromatic heterocycles. The SMILES string of the molecule is Cc1cc(-c2ccccc2)nc(C(C)(C)c2cc(C)cc(-c3cc(C)cc4c3oc3nc(C)ccc34)n2)c1. The Morgan fingerprint density at radius 2 is 1.24 bits per heavy atom. The number of hydrogen-bond donors (Lipinski definition) is 0. The normalized spacial score (nSPS) is 11.9. The van der Waals surface area contributed by atoms with E-state index >= 15 is 0 Å². The molecule has 0 amide bonds. The highest BCUT2D eigenvalue weighted by Gasteiger charge is 2.28. The summed E-state index contributed by atoms with van der Waals surface area (Å²) < 4.78 is 6.34. The predicted molar refractivity (Wildman–Crippen MR) is 155 cm³/mol. The molecule has 0 N–H and O–H groups in total. The molecule has 0 aliphatic rings. The van der Waals surface area contributed by atoms with Gasteiger partial charge in [0.15, 0.2) is 0 Å². The zero-order chi connectivity index (χ0) is 26.6. The van der Waals surface area contributed by atoms with Gasteiger partial charge in [0, 0.05) is 33.0 Å². The Morgan fingerprint density at radius 3 is 1.95 bits per heavy atom. The maximum absolute atomic E-state index is 6.34. The van der Waals surface area contributed by atoms with Crippen LogP contribution in [0.2, 0.25) is 0 Å². The van der Waals surface area contributed by atoms with Crippen molar-refractivity contribution in [2.45, 2.75) is 47.0 Å². The lowest BCUT2D eigenvalue weighted by molar-refractivity contribution is 0.595. The molecular formula is C34H31N3O. The zero-order valence-corrected chi connectivity index (χ0v) is 22.8. The van der Waals surface area contributed by atoms with E-state index < -0.39 is 5.41 Å². The second-order valence-corrected chi connectivity index (χ2v) is 10.9. The quantitative estimate of drug-likeness (QED) is 0.244. The van der Waals surface area contributed by atoms with Gasteiger partial charge >= 0.3 is 0 Å². The zero-order valence-electron chi connectivity index (χ0n) is 22.8. The van der Waals surface area contributed by atoms with Crippen molar-refractivity contribution in [1.29, 1.82) is 0 Å². The minimum atomic E-state index is -0.411. The summed E-state index contributed by atoms with van der Waals surface area (Å²) in [7, 11) is 0. The number of nitrogens with zero attached hydrogens (tertiary/aromatic N) is 3. The second-order valence-electron chi connectivity index (χ2n) is 10.9. The van der Waals surface area contributed by atoms with Crippen molar-refractivity contribution in [2.75, 3.05) is 0 Å². The van der Waals surface area contributed by atoms with E-state index in [0.717, 1.165) is 67.1 Å². The van der Waals surface area contributed by atoms with E-state index in [9.17, 15) is 0 Å². The fourth-order valence-electron chi connectivity index (χ4n) is 5.19. The Bertz CT molecular complexity index is 1830. The average molecular weight is 498 g/mol. The standard InChI is InChI=1S/C34H31N3O/c1-20-14-26-25-13-12-23(4)35-33(25)38-32(26)27(15-20)29-17-22(3)19-31(37-29)34(5,6)30-18-21(2)16-28(36-30)24-10-8-7-9-11-24/h7-19H,1-6H3. The van der Waals surface area contributed by atoms with Crippen LogP contribution in [-0.4, -0.2) is 15.0 Å². The van der Waals surface area contributed by atoms with Gasteiger partial charge in [0.2, 0.25) is 5.71 Å². The number of benzene rings is 2. The number of aryl methyl sites for hydroxylation is 4. The van der Waals surface area contributed by atoms with E-state index in [1.807, 2.05) is 19.1 Å². The van der Waals surface area contributed by atoms with Gasteiger partial charge in [-0.15, -0.1) is 0 Å². The van der Waals surface area contributed by atoms with Crippen LogP contribution < -0.4 is 0 Å². The van der Waals surface area contributed by atoms with E-state index in [4.69, 9.17) is 14.4 Å². The molecule has 0 radical (unpaired) electrons. The maximum atomic E-state index is 6.34. The third-order valence-electron chi connectivity index (χ3n) is 7.29. The van der Waals surface area contributed by atoms with Crippen LogP contribution in [0.15, 0.2) is 83.3 Å². The molecule has 38 heavy (non-hydrogen) atoms. The molecule has 0 fully saturated rings. The van der Waals surface area contributed by atoms with Crippen LogP contribution in [0.25, 0.3) is 44.6 Å². The first kappa shape index (κ1) is 24.1. The summed E-state index contributed by atoms with van der Waals surface area (Å²) in [5, 5.41) is 2.10. The summed E-state index contributed by atoms with van der Waals surface area (Å²) in [6, 6.07) is 27.4. The molecule has 4 heterocycles. The number of furan rings is 1. The van der Waals surface area contributed by atoms with Crippen LogP contribution >= 0.6 is 0 Å². The molecule has 0 bridgehead atoms. The first-order chi connectivity index (χ1) is 18.2. The smallest absolute Gasteiger partial charge is 0.227 e. The van der Waals surface area contributed by atoms with E-state index in [1.54, 1.807) is 0 Å². The summed E-state index contributed by atoms with van der Waals surface area (Å²) in [5.41, 5.74) is 11.5. The average Bonchev–Trinajstić information content (AvgIpc) is 3.25. The van der Waals surface area contributed by atoms with Crippen molar-refractivity contribution in [3.05, 3.63) is 113 Å². The summed E-state index contributed by atoms with van der Waals surface area (Å²) in [5.74, 6) is 0. The first-order valence-electron chi connectivity index (χ1n) is 13.0. The lowest BCUT2D eigenvalue weighted by atomic mass is 9.83. The van der Waals surface area contributed by atoms with Crippen molar-refractivity contribution in [3.63, 3.8) is 0 Å². The van der Waals surface area contributed by atoms with E-state index in [0.29, 0.717) is 5.71 Å². The Kier molecular flexibility index (Phi) is 5.64. The Labute approximate surface area is 223 Å². The molecule has 4 nitrogen and oxygen atoms in total. The van der Waals surface area contributed by atoms with Gasteiger partial charge in [-0.1, -0.05) is 30.3 Å². The van der Waals surface area contributed by atoms with Gasteiger partial charge in [-0.3, -0.25) is 9.97 Å². The van der Waals surface area contributed by atoms with Gasteiger partial charge in [-0.25, -0.2) is 4.98 Å². The fourth-order valence-corrected chi connectivity index (χ4v) is 5.19. The maximum Gasteiger partial charge on any atom is 0.227 e. The van der Waals surface area contributed by atoms with Crippen LogP contribution in [0, 0.1) is 27.7 Å². The first-order valence-corrected chi connectivity index (χ1v) is 13.0. The van der Waals surface area contributed by atoms with Crippen molar-refractivity contribution in [1.82, 2.24) is 15.0 Å². The summed E-state index contributed by atoms with van der Waals surface area (Å²) >= 11 is 0. The number of hydrogen-bond acceptors (Lipinski definition) is 4. The Hall–Kier alpha value is -4.31. The third kappa shape index (κ3) is 4.16. The predicted octanol–water partition coefficient (Wildman–Crippen LogP) is 8.66. The molecule has 0 aliphatic heterocycles. The lowest BCUT2D eigenvalue weighted by Gasteiger charge is -2.26. The molecule has 0 saturated carbocycles. The molecule has 0 saturated heterocycles. The number of pyridine rings is 3. The largest absolute Gasteiger partial charge is 0.437 e. The van der Waals surface area contributed by atoms with Gasteiger partial charge in [0.25, 0.3) is 0 Å². The van der Waals surface area contributed by atoms with Crippen LogP contribution in [-0.2, 0) is 5.41 Å². The molecule has 0 spiro atoms. The summed E-state index contributed by atoms with van der Waals surface area (Å²) in [6.45, 7) is 12.8. The van der Waals surface area contributed by atoms with E-state index in [2.05, 4.69) is 106 Å². The molecular weight excluding hydrogens is 466 g/mol. The van der Waals surface area contributed by atoms with Crippen LogP contribution in [0.4, 0.5) is 0 Å². The highest BCUT2D eigenvalue weighted by Crippen LogP contribution is 2.38. The van der Waals surface area contributed by atoms with Crippen LogP contribution in [0.5, 0.6) is 0 Å². The third-order valence-corrected chi connectivity index (χ3v) is 7.29. The van der Waals surface area contributed by atoms with Gasteiger partial charge in [0.05, 0.1) is 22.8 Å². The highest BCUT2D eigenvalue weighted by atomic mass is 16.3. The van der Waals surface area contributed by atoms with Crippen molar-refractivity contribution < 1.29 is 4.42 Å². The molecule has 6 rings (SSSR count). The Morgan fingerprint density at radius 1 is 0.605 bits per heavy atom. The van der Waals surface area contributed by atoms with E-state index in [1.165, 1.54) is 5.56 Å². The molecule has 0 unspecified atom stereocenters. The molecule has 0 aliphatic carbocycles. The van der Waals surface area contributed by atoms with Crippen molar-refractivity contribution >= 4 is 22.1 Å². The number of rotatable bonds is 4. The minimum Gasteiger partial charge on any atom is -0.437 e. The van der Waals surface area contributed by atoms with Gasteiger partial charge < -0.3 is 4.42 Å². The Balaban J connectivity index is 1.52. The van der Waals surface area contributed by atoms with Gasteiger partial charge in [-0.05, 0) is 107 Å². The van der Waals surface area contributed by atoms with Crippen molar-refractivity contribution in [3.8, 4) is 22.5 Å². The number of fused-ring (bicyclic) bond motifs is 3. The lowest BCUT2D eigenvalue weighted by Crippen LogP contribution is -2.23. The van der Waals surface area contributed by atoms with Crippen LogP contribution in [0.3, 0.4) is 0 Å². The molecule has 188 valence electrons. The second kappa shape index (κ2) is 8.91. The molecule has 4 heteroatoms.